The first-order valence-electron chi connectivity index (χ1n) is 2.80. The van der Waals surface area contributed by atoms with Gasteiger partial charge >= 0.3 is 0 Å². The van der Waals surface area contributed by atoms with E-state index in [-0.39, 0.29) is 5.78 Å². The molecule has 0 saturated carbocycles. The lowest BCUT2D eigenvalue weighted by molar-refractivity contribution is -0.121. The second-order valence-corrected chi connectivity index (χ2v) is 2.33. The molecule has 0 aromatic rings. The first-order valence-corrected chi connectivity index (χ1v) is 2.80. The zero-order valence-corrected chi connectivity index (χ0v) is 5.69. The van der Waals surface area contributed by atoms with Crippen molar-refractivity contribution in [3.8, 4) is 0 Å². The molecule has 1 atom stereocenters. The molecule has 2 heteroatoms. The average Bonchev–Trinajstić information content (AvgIpc) is 1.67. The van der Waals surface area contributed by atoms with Crippen LogP contribution in [0, 0.1) is 0 Å². The molecule has 48 valence electrons. The Kier molecular flexibility index (Phi) is 2.16. The highest BCUT2D eigenvalue weighted by Gasteiger charge is 2.20. The van der Waals surface area contributed by atoms with Crippen LogP contribution in [0.15, 0.2) is 0 Å². The van der Waals surface area contributed by atoms with Crippen molar-refractivity contribution in [3.63, 3.8) is 0 Å². The second-order valence-electron chi connectivity index (χ2n) is 2.33. The quantitative estimate of drug-likeness (QED) is 0.575. The Morgan fingerprint density at radius 2 is 2.12 bits per heavy atom. The van der Waals surface area contributed by atoms with Gasteiger partial charge in [-0.1, -0.05) is 6.92 Å². The molecule has 0 aliphatic rings. The number of hydrogen-bond acceptors (Lipinski definition) is 2. The molecule has 2 N–H and O–H groups in total. The molecule has 0 radical (unpaired) electrons. The third-order valence-corrected chi connectivity index (χ3v) is 1.54. The standard InChI is InChI=1S/C6H13NO/c1-4-6(3,7)5(2)8/h4,7H2,1-3H3/t6-/m1/s1. The fraction of sp³-hybridized carbons (Fsp3) is 0.833. The van der Waals surface area contributed by atoms with E-state index in [2.05, 4.69) is 0 Å². The predicted molar refractivity (Wildman–Crippen MR) is 33.6 cm³/mol. The zero-order chi connectivity index (χ0) is 6.78. The van der Waals surface area contributed by atoms with Crippen LogP contribution in [0.2, 0.25) is 0 Å². The number of ketones is 1. The monoisotopic (exact) mass is 115 g/mol. The Hall–Kier alpha value is -0.370. The molecule has 0 fully saturated rings. The summed E-state index contributed by atoms with van der Waals surface area (Å²) in [5.41, 5.74) is 4.91. The number of Topliss-reactive ketones (excluding diaryl/α,β-unsaturated/α-hetero) is 1. The van der Waals surface area contributed by atoms with Gasteiger partial charge in [0.15, 0.2) is 0 Å². The molecule has 2 nitrogen and oxygen atoms in total. The van der Waals surface area contributed by atoms with E-state index in [1.165, 1.54) is 6.92 Å². The molecule has 0 aromatic carbocycles. The number of carbonyl (C=O) groups excluding carboxylic acids is 1. The van der Waals surface area contributed by atoms with Gasteiger partial charge in [-0.05, 0) is 20.3 Å². The van der Waals surface area contributed by atoms with Gasteiger partial charge in [-0.3, -0.25) is 4.79 Å². The Labute approximate surface area is 50.1 Å². The van der Waals surface area contributed by atoms with Gasteiger partial charge in [-0.25, -0.2) is 0 Å². The fourth-order valence-electron chi connectivity index (χ4n) is 0.249. The van der Waals surface area contributed by atoms with Gasteiger partial charge in [0.05, 0.1) is 5.54 Å². The average molecular weight is 115 g/mol. The van der Waals surface area contributed by atoms with Gasteiger partial charge in [0.2, 0.25) is 0 Å². The minimum atomic E-state index is -0.597. The molecule has 0 aliphatic heterocycles. The van der Waals surface area contributed by atoms with Crippen molar-refractivity contribution >= 4 is 5.78 Å². The molecule has 0 bridgehead atoms. The van der Waals surface area contributed by atoms with Crippen LogP contribution in [0.5, 0.6) is 0 Å². The van der Waals surface area contributed by atoms with E-state index in [4.69, 9.17) is 5.73 Å². The van der Waals surface area contributed by atoms with Crippen LogP contribution >= 0.6 is 0 Å². The van der Waals surface area contributed by atoms with E-state index in [0.717, 1.165) is 0 Å². The molecule has 0 aliphatic carbocycles. The van der Waals surface area contributed by atoms with Crippen LogP contribution < -0.4 is 5.73 Å². The van der Waals surface area contributed by atoms with Crippen LogP contribution in [-0.2, 0) is 4.79 Å². The van der Waals surface area contributed by atoms with Gasteiger partial charge in [0.25, 0.3) is 0 Å². The van der Waals surface area contributed by atoms with Gasteiger partial charge < -0.3 is 5.73 Å². The third-order valence-electron chi connectivity index (χ3n) is 1.54. The highest BCUT2D eigenvalue weighted by Crippen LogP contribution is 2.04. The smallest absolute Gasteiger partial charge is 0.149 e. The van der Waals surface area contributed by atoms with E-state index in [1.54, 1.807) is 6.92 Å². The van der Waals surface area contributed by atoms with Gasteiger partial charge in [-0.2, -0.15) is 0 Å². The molecule has 8 heavy (non-hydrogen) atoms. The molecule has 0 amide bonds. The number of hydrogen-bond donors (Lipinski definition) is 1. The first kappa shape index (κ1) is 7.63. The summed E-state index contributed by atoms with van der Waals surface area (Å²) in [5, 5.41) is 0. The normalized spacial score (nSPS) is 17.5. The summed E-state index contributed by atoms with van der Waals surface area (Å²) in [5.74, 6) is 0.0556. The zero-order valence-electron chi connectivity index (χ0n) is 5.69. The number of carbonyl (C=O) groups is 1. The van der Waals surface area contributed by atoms with Crippen LogP contribution in [0.1, 0.15) is 27.2 Å². The van der Waals surface area contributed by atoms with Crippen molar-refractivity contribution < 1.29 is 4.79 Å². The summed E-state index contributed by atoms with van der Waals surface area (Å²) in [7, 11) is 0. The maximum absolute atomic E-state index is 10.6. The lowest BCUT2D eigenvalue weighted by Gasteiger charge is -2.17. The third kappa shape index (κ3) is 1.62. The summed E-state index contributed by atoms with van der Waals surface area (Å²) in [6.07, 6.45) is 0.711. The highest BCUT2D eigenvalue weighted by atomic mass is 16.1. The summed E-state index contributed by atoms with van der Waals surface area (Å²) in [6.45, 7) is 5.17. The highest BCUT2D eigenvalue weighted by molar-refractivity contribution is 5.85. The fourth-order valence-corrected chi connectivity index (χ4v) is 0.249. The predicted octanol–water partition coefficient (Wildman–Crippen LogP) is 0.703. The van der Waals surface area contributed by atoms with Crippen LogP contribution in [0.25, 0.3) is 0 Å². The van der Waals surface area contributed by atoms with E-state index in [1.807, 2.05) is 6.92 Å². The maximum Gasteiger partial charge on any atom is 0.149 e. The molecular weight excluding hydrogens is 102 g/mol. The summed E-state index contributed by atoms with van der Waals surface area (Å²) in [4.78, 5) is 10.6. The topological polar surface area (TPSA) is 43.1 Å². The number of nitrogens with two attached hydrogens (primary N) is 1. The largest absolute Gasteiger partial charge is 0.319 e. The molecule has 0 unspecified atom stereocenters. The van der Waals surface area contributed by atoms with Gasteiger partial charge in [0, 0.05) is 0 Å². The van der Waals surface area contributed by atoms with Crippen LogP contribution in [0.4, 0.5) is 0 Å². The number of rotatable bonds is 2. The summed E-state index contributed by atoms with van der Waals surface area (Å²) < 4.78 is 0. The molecule has 0 aromatic heterocycles. The van der Waals surface area contributed by atoms with E-state index < -0.39 is 5.54 Å². The maximum atomic E-state index is 10.6. The van der Waals surface area contributed by atoms with E-state index in [9.17, 15) is 4.79 Å². The van der Waals surface area contributed by atoms with Crippen molar-refractivity contribution in [2.75, 3.05) is 0 Å². The first-order chi connectivity index (χ1) is 3.50. The van der Waals surface area contributed by atoms with E-state index >= 15 is 0 Å². The van der Waals surface area contributed by atoms with Gasteiger partial charge in [-0.15, -0.1) is 0 Å². The minimum absolute atomic E-state index is 0.0556. The van der Waals surface area contributed by atoms with Crippen molar-refractivity contribution in [1.29, 1.82) is 0 Å². The Bertz CT molecular complexity index is 96.7. The Morgan fingerprint density at radius 3 is 2.12 bits per heavy atom. The molecule has 0 rings (SSSR count). The summed E-state index contributed by atoms with van der Waals surface area (Å²) in [6, 6.07) is 0. The molecule has 0 spiro atoms. The molecular formula is C6H13NO. The van der Waals surface area contributed by atoms with Crippen molar-refractivity contribution in [3.05, 3.63) is 0 Å². The van der Waals surface area contributed by atoms with Crippen molar-refractivity contribution in [2.45, 2.75) is 32.7 Å². The SMILES string of the molecule is CC[C@@](C)(N)C(C)=O. The van der Waals surface area contributed by atoms with Gasteiger partial charge in [0.1, 0.15) is 5.78 Å². The van der Waals surface area contributed by atoms with E-state index in [0.29, 0.717) is 6.42 Å². The Morgan fingerprint density at radius 1 is 1.75 bits per heavy atom. The minimum Gasteiger partial charge on any atom is -0.319 e. The Balaban J connectivity index is 3.91. The lowest BCUT2D eigenvalue weighted by Crippen LogP contribution is -2.42. The van der Waals surface area contributed by atoms with Crippen LogP contribution in [0.3, 0.4) is 0 Å². The lowest BCUT2D eigenvalue weighted by atomic mass is 9.96. The molecule has 0 heterocycles. The second kappa shape index (κ2) is 2.27. The van der Waals surface area contributed by atoms with Crippen molar-refractivity contribution in [2.24, 2.45) is 5.73 Å². The summed E-state index contributed by atoms with van der Waals surface area (Å²) >= 11 is 0. The van der Waals surface area contributed by atoms with Crippen LogP contribution in [-0.4, -0.2) is 11.3 Å². The van der Waals surface area contributed by atoms with Crippen molar-refractivity contribution in [1.82, 2.24) is 0 Å². The molecule has 0 saturated heterocycles.